The first-order valence-electron chi connectivity index (χ1n) is 9.96. The summed E-state index contributed by atoms with van der Waals surface area (Å²) in [5.41, 5.74) is 1.98. The largest absolute Gasteiger partial charge is 0.340 e. The smallest absolute Gasteiger partial charge is 0.243 e. The molecule has 1 fully saturated rings. The summed E-state index contributed by atoms with van der Waals surface area (Å²) in [5.74, 6) is 0.0409. The van der Waals surface area contributed by atoms with Gasteiger partial charge in [0.25, 0.3) is 0 Å². The van der Waals surface area contributed by atoms with Crippen molar-refractivity contribution < 1.29 is 13.2 Å². The number of nitrogens with zero attached hydrogens (tertiary/aromatic N) is 4. The summed E-state index contributed by atoms with van der Waals surface area (Å²) in [7, 11) is -3.51. The van der Waals surface area contributed by atoms with Gasteiger partial charge in [-0.2, -0.15) is 9.40 Å². The van der Waals surface area contributed by atoms with Crippen molar-refractivity contribution in [3.05, 3.63) is 78.6 Å². The fourth-order valence-corrected chi connectivity index (χ4v) is 4.98. The van der Waals surface area contributed by atoms with Crippen LogP contribution in [-0.2, 0) is 21.2 Å². The minimum Gasteiger partial charge on any atom is -0.340 e. The third kappa shape index (κ3) is 4.44. The maximum absolute atomic E-state index is 12.7. The van der Waals surface area contributed by atoms with Crippen molar-refractivity contribution in [3.63, 3.8) is 0 Å². The molecule has 0 aliphatic carbocycles. The summed E-state index contributed by atoms with van der Waals surface area (Å²) >= 11 is 0. The first-order valence-corrected chi connectivity index (χ1v) is 11.4. The standard InChI is InChI=1S/C22H24N4O3S/c27-22(12-11-19-17-23-26(18-19)20-7-3-1-4-8-20)24-13-15-25(16-14-24)30(28,29)21-9-5-2-6-10-21/h1-10,17-18H,11-16H2. The Hall–Kier alpha value is -2.97. The molecule has 30 heavy (non-hydrogen) atoms. The van der Waals surface area contributed by atoms with Gasteiger partial charge in [-0.05, 0) is 36.2 Å². The van der Waals surface area contributed by atoms with Crippen LogP contribution in [0.25, 0.3) is 5.69 Å². The van der Waals surface area contributed by atoms with Crippen LogP contribution in [0.4, 0.5) is 0 Å². The van der Waals surface area contributed by atoms with Crippen LogP contribution in [0.5, 0.6) is 0 Å². The van der Waals surface area contributed by atoms with Gasteiger partial charge in [-0.15, -0.1) is 0 Å². The van der Waals surface area contributed by atoms with Gasteiger partial charge in [-0.25, -0.2) is 13.1 Å². The van der Waals surface area contributed by atoms with Crippen LogP contribution in [0, 0.1) is 0 Å². The lowest BCUT2D eigenvalue weighted by molar-refractivity contribution is -0.132. The molecule has 1 aliphatic rings. The molecule has 0 saturated carbocycles. The molecule has 0 N–H and O–H groups in total. The molecule has 0 bridgehead atoms. The van der Waals surface area contributed by atoms with Crippen LogP contribution in [-0.4, -0.2) is 59.5 Å². The van der Waals surface area contributed by atoms with Gasteiger partial charge in [0.15, 0.2) is 0 Å². The molecule has 156 valence electrons. The molecule has 1 aromatic heterocycles. The highest BCUT2D eigenvalue weighted by molar-refractivity contribution is 7.89. The van der Waals surface area contributed by atoms with Crippen molar-refractivity contribution in [2.45, 2.75) is 17.7 Å². The average Bonchev–Trinajstić information content (AvgIpc) is 3.28. The minimum absolute atomic E-state index is 0.0409. The van der Waals surface area contributed by atoms with Crippen LogP contribution in [0.1, 0.15) is 12.0 Å². The monoisotopic (exact) mass is 424 g/mol. The van der Waals surface area contributed by atoms with E-state index in [2.05, 4.69) is 5.10 Å². The number of benzene rings is 2. The highest BCUT2D eigenvalue weighted by Gasteiger charge is 2.29. The van der Waals surface area contributed by atoms with Crippen molar-refractivity contribution in [3.8, 4) is 5.69 Å². The van der Waals surface area contributed by atoms with E-state index in [-0.39, 0.29) is 5.91 Å². The fraction of sp³-hybridized carbons (Fsp3) is 0.273. The number of carbonyl (C=O) groups is 1. The molecular formula is C22H24N4O3S. The molecule has 0 atom stereocenters. The van der Waals surface area contributed by atoms with Gasteiger partial charge in [0, 0.05) is 38.8 Å². The predicted octanol–water partition coefficient (Wildman–Crippen LogP) is 2.34. The summed E-state index contributed by atoms with van der Waals surface area (Å²) in [5, 5.41) is 4.36. The molecule has 7 nitrogen and oxygen atoms in total. The highest BCUT2D eigenvalue weighted by Crippen LogP contribution is 2.18. The zero-order chi connectivity index (χ0) is 21.0. The van der Waals surface area contributed by atoms with Crippen molar-refractivity contribution in [1.82, 2.24) is 19.0 Å². The van der Waals surface area contributed by atoms with Crippen molar-refractivity contribution in [1.29, 1.82) is 0 Å². The first kappa shape index (κ1) is 20.3. The molecule has 8 heteroatoms. The average molecular weight is 425 g/mol. The molecule has 4 rings (SSSR count). The number of aromatic nitrogens is 2. The van der Waals surface area contributed by atoms with Crippen LogP contribution < -0.4 is 0 Å². The number of amides is 1. The number of piperazine rings is 1. The summed E-state index contributed by atoms with van der Waals surface area (Å²) in [6.07, 6.45) is 4.71. The molecule has 1 amide bonds. The molecule has 1 aliphatic heterocycles. The van der Waals surface area contributed by atoms with E-state index < -0.39 is 10.0 Å². The Morgan fingerprint density at radius 3 is 2.20 bits per heavy atom. The SMILES string of the molecule is O=C(CCc1cnn(-c2ccccc2)c1)N1CCN(S(=O)(=O)c2ccccc2)CC1. The van der Waals surface area contributed by atoms with Crippen LogP contribution >= 0.6 is 0 Å². The molecule has 2 heterocycles. The molecule has 0 spiro atoms. The third-order valence-corrected chi connectivity index (χ3v) is 7.17. The Labute approximate surface area is 176 Å². The van der Waals surface area contributed by atoms with E-state index in [1.165, 1.54) is 4.31 Å². The predicted molar refractivity (Wildman–Crippen MR) is 114 cm³/mol. The zero-order valence-corrected chi connectivity index (χ0v) is 17.4. The van der Waals surface area contributed by atoms with E-state index in [1.54, 1.807) is 46.1 Å². The van der Waals surface area contributed by atoms with E-state index in [1.807, 2.05) is 36.5 Å². The van der Waals surface area contributed by atoms with Crippen molar-refractivity contribution in [2.75, 3.05) is 26.2 Å². The van der Waals surface area contributed by atoms with Gasteiger partial charge in [-0.1, -0.05) is 36.4 Å². The van der Waals surface area contributed by atoms with Crippen LogP contribution in [0.15, 0.2) is 78.0 Å². The summed E-state index contributed by atoms with van der Waals surface area (Å²) < 4.78 is 28.7. The van der Waals surface area contributed by atoms with Gasteiger partial charge in [0.2, 0.25) is 15.9 Å². The van der Waals surface area contributed by atoms with Gasteiger partial charge in [-0.3, -0.25) is 4.79 Å². The summed E-state index contributed by atoms with van der Waals surface area (Å²) in [4.78, 5) is 14.6. The number of hydrogen-bond acceptors (Lipinski definition) is 4. The third-order valence-electron chi connectivity index (χ3n) is 5.26. The Kier molecular flexibility index (Phi) is 5.96. The number of sulfonamides is 1. The summed E-state index contributed by atoms with van der Waals surface area (Å²) in [6.45, 7) is 1.45. The van der Waals surface area contributed by atoms with Crippen molar-refractivity contribution in [2.24, 2.45) is 0 Å². The Morgan fingerprint density at radius 1 is 0.900 bits per heavy atom. The number of aryl methyl sites for hydroxylation is 1. The van der Waals surface area contributed by atoms with E-state index in [4.69, 9.17) is 0 Å². The Balaban J connectivity index is 1.29. The Morgan fingerprint density at radius 2 is 1.53 bits per heavy atom. The van der Waals surface area contributed by atoms with Crippen LogP contribution in [0.2, 0.25) is 0 Å². The summed E-state index contributed by atoms with van der Waals surface area (Å²) in [6, 6.07) is 18.2. The zero-order valence-electron chi connectivity index (χ0n) is 16.6. The van der Waals surface area contributed by atoms with Gasteiger partial charge >= 0.3 is 0 Å². The van der Waals surface area contributed by atoms with E-state index in [9.17, 15) is 13.2 Å². The lowest BCUT2D eigenvalue weighted by Crippen LogP contribution is -2.50. The first-order chi connectivity index (χ1) is 14.5. The number of rotatable bonds is 6. The molecule has 0 unspecified atom stereocenters. The second-order valence-electron chi connectivity index (χ2n) is 7.23. The second-order valence-corrected chi connectivity index (χ2v) is 9.16. The Bertz CT molecular complexity index is 1090. The van der Waals surface area contributed by atoms with Crippen LogP contribution in [0.3, 0.4) is 0 Å². The topological polar surface area (TPSA) is 75.5 Å². The molecular weight excluding hydrogens is 400 g/mol. The molecule has 1 saturated heterocycles. The van der Waals surface area contributed by atoms with E-state index >= 15 is 0 Å². The van der Waals surface area contributed by atoms with E-state index in [0.29, 0.717) is 43.9 Å². The van der Waals surface area contributed by atoms with Crippen molar-refractivity contribution >= 4 is 15.9 Å². The molecule has 0 radical (unpaired) electrons. The normalized spacial score (nSPS) is 15.3. The van der Waals surface area contributed by atoms with Gasteiger partial charge in [0.05, 0.1) is 16.8 Å². The number of hydrogen-bond donors (Lipinski definition) is 0. The quantitative estimate of drug-likeness (QED) is 0.609. The second kappa shape index (κ2) is 8.81. The maximum Gasteiger partial charge on any atom is 0.243 e. The fourth-order valence-electron chi connectivity index (χ4n) is 3.54. The molecule has 2 aromatic carbocycles. The minimum atomic E-state index is -3.51. The highest BCUT2D eigenvalue weighted by atomic mass is 32.2. The number of para-hydroxylation sites is 1. The lowest BCUT2D eigenvalue weighted by Gasteiger charge is -2.34. The number of carbonyl (C=O) groups excluding carboxylic acids is 1. The lowest BCUT2D eigenvalue weighted by atomic mass is 10.2. The van der Waals surface area contributed by atoms with Gasteiger partial charge < -0.3 is 4.90 Å². The van der Waals surface area contributed by atoms with Gasteiger partial charge in [0.1, 0.15) is 0 Å². The maximum atomic E-state index is 12.7. The van der Waals surface area contributed by atoms with E-state index in [0.717, 1.165) is 11.3 Å². The molecule has 3 aromatic rings.